The van der Waals surface area contributed by atoms with Gasteiger partial charge in [-0.15, -0.1) is 0 Å². The first-order chi connectivity index (χ1) is 18.6. The first-order valence-electron chi connectivity index (χ1n) is 13.7. The van der Waals surface area contributed by atoms with Gasteiger partial charge in [-0.3, -0.25) is 9.59 Å². The van der Waals surface area contributed by atoms with E-state index in [9.17, 15) is 9.59 Å². The van der Waals surface area contributed by atoms with Gasteiger partial charge in [0.1, 0.15) is 5.78 Å². The van der Waals surface area contributed by atoms with E-state index in [1.54, 1.807) is 0 Å². The van der Waals surface area contributed by atoms with E-state index in [1.165, 1.54) is 5.56 Å². The van der Waals surface area contributed by atoms with Crippen LogP contribution in [-0.4, -0.2) is 50.6 Å². The molecule has 0 radical (unpaired) electrons. The lowest BCUT2D eigenvalue weighted by atomic mass is 9.80. The lowest BCUT2D eigenvalue weighted by Gasteiger charge is -2.24. The highest BCUT2D eigenvalue weighted by molar-refractivity contribution is 5.96. The van der Waals surface area contributed by atoms with Crippen molar-refractivity contribution in [2.45, 2.75) is 50.9 Å². The van der Waals surface area contributed by atoms with Crippen LogP contribution in [0.15, 0.2) is 60.7 Å². The summed E-state index contributed by atoms with van der Waals surface area (Å²) in [4.78, 5) is 28.3. The van der Waals surface area contributed by atoms with Crippen molar-refractivity contribution in [3.63, 3.8) is 0 Å². The van der Waals surface area contributed by atoms with Crippen molar-refractivity contribution >= 4 is 11.7 Å². The summed E-state index contributed by atoms with van der Waals surface area (Å²) in [6.45, 7) is 8.21. The molecule has 1 heterocycles. The van der Waals surface area contributed by atoms with E-state index in [0.29, 0.717) is 18.5 Å². The number of fused-ring (bicyclic) bond motifs is 1. The van der Waals surface area contributed by atoms with E-state index >= 15 is 0 Å². The molecule has 0 unspecified atom stereocenters. The van der Waals surface area contributed by atoms with E-state index < -0.39 is 5.41 Å². The summed E-state index contributed by atoms with van der Waals surface area (Å²) >= 11 is 0. The summed E-state index contributed by atoms with van der Waals surface area (Å²) in [5, 5.41) is 2.97. The van der Waals surface area contributed by atoms with E-state index in [1.807, 2.05) is 61.5 Å². The Balaban J connectivity index is 1.37. The fourth-order valence-corrected chi connectivity index (χ4v) is 5.29. The van der Waals surface area contributed by atoms with E-state index in [-0.39, 0.29) is 23.9 Å². The first-order valence-corrected chi connectivity index (χ1v) is 13.7. The SMILES string of the molecule is CN(C)CCNC(=O)c1ccc(-c2cc(CC(=O)C3(c4ccc5c(c4)OCO5)CC3)ccc2C(C)(C)C)cc1. The Morgan fingerprint density at radius 3 is 2.31 bits per heavy atom. The minimum Gasteiger partial charge on any atom is -0.454 e. The molecule has 6 nitrogen and oxygen atoms in total. The maximum absolute atomic E-state index is 13.7. The minimum absolute atomic E-state index is 0.0722. The van der Waals surface area contributed by atoms with Crippen LogP contribution in [-0.2, 0) is 22.0 Å². The van der Waals surface area contributed by atoms with Gasteiger partial charge < -0.3 is 19.7 Å². The molecule has 1 amide bonds. The van der Waals surface area contributed by atoms with E-state index in [0.717, 1.165) is 53.1 Å². The molecule has 6 heteroatoms. The molecule has 3 aromatic rings. The molecule has 0 atom stereocenters. The fraction of sp³-hybridized carbons (Fsp3) is 0.394. The van der Waals surface area contributed by atoms with Gasteiger partial charge in [0, 0.05) is 25.1 Å². The molecule has 5 rings (SSSR count). The van der Waals surface area contributed by atoms with Crippen LogP contribution in [0.1, 0.15) is 60.7 Å². The Hall–Kier alpha value is -3.64. The fourth-order valence-electron chi connectivity index (χ4n) is 5.29. The highest BCUT2D eigenvalue weighted by atomic mass is 16.7. The van der Waals surface area contributed by atoms with Crippen LogP contribution in [0.3, 0.4) is 0 Å². The van der Waals surface area contributed by atoms with E-state index in [4.69, 9.17) is 9.47 Å². The van der Waals surface area contributed by atoms with Crippen molar-refractivity contribution in [3.8, 4) is 22.6 Å². The number of carbonyl (C=O) groups is 2. The van der Waals surface area contributed by atoms with Crippen molar-refractivity contribution < 1.29 is 19.1 Å². The number of hydrogen-bond acceptors (Lipinski definition) is 5. The average molecular weight is 527 g/mol. The second kappa shape index (κ2) is 10.5. The number of likely N-dealkylation sites (N-methyl/N-ethyl adjacent to an activating group) is 1. The molecule has 1 fully saturated rings. The number of ether oxygens (including phenoxy) is 2. The highest BCUT2D eigenvalue weighted by Gasteiger charge is 2.50. The van der Waals surface area contributed by atoms with Crippen LogP contribution < -0.4 is 14.8 Å². The second-order valence-electron chi connectivity index (χ2n) is 12.0. The Morgan fingerprint density at radius 1 is 0.923 bits per heavy atom. The molecule has 0 aromatic heterocycles. The lowest BCUT2D eigenvalue weighted by molar-refractivity contribution is -0.120. The summed E-state index contributed by atoms with van der Waals surface area (Å²) in [7, 11) is 3.97. The van der Waals surface area contributed by atoms with Crippen LogP contribution in [0.25, 0.3) is 11.1 Å². The molecule has 1 aliphatic carbocycles. The normalized spacial score (nSPS) is 15.3. The number of rotatable bonds is 9. The average Bonchev–Trinajstić information content (AvgIpc) is 3.58. The second-order valence-corrected chi connectivity index (χ2v) is 12.0. The van der Waals surface area contributed by atoms with Gasteiger partial charge in [0.15, 0.2) is 11.5 Å². The molecule has 0 saturated heterocycles. The molecule has 2 aliphatic rings. The third-order valence-electron chi connectivity index (χ3n) is 7.77. The number of nitrogens with zero attached hydrogens (tertiary/aromatic N) is 1. The van der Waals surface area contributed by atoms with Gasteiger partial charge in [0.05, 0.1) is 5.41 Å². The Kier molecular flexibility index (Phi) is 7.25. The van der Waals surface area contributed by atoms with Gasteiger partial charge in [-0.2, -0.15) is 0 Å². The lowest BCUT2D eigenvalue weighted by Crippen LogP contribution is -2.31. The summed E-state index contributed by atoms with van der Waals surface area (Å²) < 4.78 is 11.0. The van der Waals surface area contributed by atoms with Crippen molar-refractivity contribution in [1.82, 2.24) is 10.2 Å². The van der Waals surface area contributed by atoms with Gasteiger partial charge in [-0.25, -0.2) is 0 Å². The predicted molar refractivity (Wildman–Crippen MR) is 154 cm³/mol. The standard InChI is InChI=1S/C33H38N2O4/c1-32(2,3)27-12-6-22(18-26(27)23-7-9-24(10-8-23)31(37)34-16-17-35(4)5)19-30(36)33(14-15-33)25-11-13-28-29(20-25)39-21-38-28/h6-13,18,20H,14-17,19,21H2,1-5H3,(H,34,37). The number of nitrogens with one attached hydrogen (secondary N) is 1. The zero-order chi connectivity index (χ0) is 27.8. The molecule has 204 valence electrons. The number of Topliss-reactive ketones (excluding diaryl/α,β-unsaturated/α-hetero) is 1. The van der Waals surface area contributed by atoms with Gasteiger partial charge in [-0.1, -0.05) is 57.2 Å². The minimum atomic E-state index is -0.439. The monoisotopic (exact) mass is 526 g/mol. The smallest absolute Gasteiger partial charge is 0.251 e. The Labute approximate surface area is 231 Å². The third kappa shape index (κ3) is 5.71. The third-order valence-corrected chi connectivity index (χ3v) is 7.77. The number of carbonyl (C=O) groups excluding carboxylic acids is 2. The zero-order valence-corrected chi connectivity index (χ0v) is 23.6. The maximum Gasteiger partial charge on any atom is 0.251 e. The summed E-state index contributed by atoms with van der Waals surface area (Å²) in [5.41, 5.74) is 5.48. The Morgan fingerprint density at radius 2 is 1.64 bits per heavy atom. The van der Waals surface area contributed by atoms with Crippen LogP contribution in [0.4, 0.5) is 0 Å². The predicted octanol–water partition coefficient (Wildman–Crippen LogP) is 5.51. The summed E-state index contributed by atoms with van der Waals surface area (Å²) in [6.07, 6.45) is 2.09. The van der Waals surface area contributed by atoms with Gasteiger partial charge >= 0.3 is 0 Å². The molecule has 0 bridgehead atoms. The van der Waals surface area contributed by atoms with Crippen LogP contribution in [0, 0.1) is 0 Å². The summed E-state index contributed by atoms with van der Waals surface area (Å²) in [6, 6.07) is 20.0. The summed E-state index contributed by atoms with van der Waals surface area (Å²) in [5.74, 6) is 1.62. The van der Waals surface area contributed by atoms with Gasteiger partial charge in [-0.05, 0) is 84.4 Å². The first kappa shape index (κ1) is 26.9. The molecule has 1 N–H and O–H groups in total. The van der Waals surface area contributed by atoms with Crippen LogP contribution >= 0.6 is 0 Å². The van der Waals surface area contributed by atoms with Crippen molar-refractivity contribution in [1.29, 1.82) is 0 Å². The van der Waals surface area contributed by atoms with Gasteiger partial charge in [0.2, 0.25) is 6.79 Å². The molecule has 3 aromatic carbocycles. The largest absolute Gasteiger partial charge is 0.454 e. The quantitative estimate of drug-likeness (QED) is 0.398. The van der Waals surface area contributed by atoms with Crippen molar-refractivity contribution in [3.05, 3.63) is 82.9 Å². The molecular weight excluding hydrogens is 488 g/mol. The van der Waals surface area contributed by atoms with Crippen molar-refractivity contribution in [2.24, 2.45) is 0 Å². The maximum atomic E-state index is 13.7. The molecule has 1 aliphatic heterocycles. The van der Waals surface area contributed by atoms with Crippen LogP contribution in [0.5, 0.6) is 11.5 Å². The number of benzene rings is 3. The molecule has 39 heavy (non-hydrogen) atoms. The zero-order valence-electron chi connectivity index (χ0n) is 23.6. The van der Waals surface area contributed by atoms with Gasteiger partial charge in [0.25, 0.3) is 5.91 Å². The highest BCUT2D eigenvalue weighted by Crippen LogP contribution is 2.51. The van der Waals surface area contributed by atoms with Crippen molar-refractivity contribution in [2.75, 3.05) is 34.0 Å². The van der Waals surface area contributed by atoms with E-state index in [2.05, 4.69) is 44.3 Å². The number of amides is 1. The number of ketones is 1. The molecule has 0 spiro atoms. The molecular formula is C33H38N2O4. The number of hydrogen-bond donors (Lipinski definition) is 1. The Bertz CT molecular complexity index is 1380. The topological polar surface area (TPSA) is 67.9 Å². The van der Waals surface area contributed by atoms with Crippen LogP contribution in [0.2, 0.25) is 0 Å². The molecule has 1 saturated carbocycles.